The van der Waals surface area contributed by atoms with E-state index in [1.807, 2.05) is 47.2 Å². The Labute approximate surface area is 190 Å². The number of carbonyl (C=O) groups is 2. The number of likely N-dealkylation sites (tertiary alicyclic amines) is 1. The minimum atomic E-state index is -0.132. The Morgan fingerprint density at radius 2 is 1.90 bits per heavy atom. The zero-order valence-corrected chi connectivity index (χ0v) is 18.7. The fourth-order valence-electron chi connectivity index (χ4n) is 3.48. The Kier molecular flexibility index (Phi) is 7.13. The molecule has 31 heavy (non-hydrogen) atoms. The molecule has 0 radical (unpaired) electrons. The lowest BCUT2D eigenvalue weighted by atomic mass is 9.97. The van der Waals surface area contributed by atoms with Crippen LogP contribution in [0, 0.1) is 11.8 Å². The van der Waals surface area contributed by atoms with Crippen LogP contribution in [0.3, 0.4) is 0 Å². The van der Waals surface area contributed by atoms with E-state index in [-0.39, 0.29) is 17.7 Å². The van der Waals surface area contributed by atoms with Gasteiger partial charge >= 0.3 is 0 Å². The second-order valence-electron chi connectivity index (χ2n) is 7.34. The van der Waals surface area contributed by atoms with Crippen LogP contribution in [0.15, 0.2) is 53.2 Å². The third kappa shape index (κ3) is 5.81. The van der Waals surface area contributed by atoms with Gasteiger partial charge in [-0.05, 0) is 42.8 Å². The minimum Gasteiger partial charge on any atom is -0.350 e. The van der Waals surface area contributed by atoms with Crippen molar-refractivity contribution in [3.8, 4) is 11.8 Å². The second kappa shape index (κ2) is 10.4. The van der Waals surface area contributed by atoms with Gasteiger partial charge in [-0.25, -0.2) is 4.98 Å². The number of hydrogen-bond acceptors (Lipinski definition) is 5. The van der Waals surface area contributed by atoms with Crippen LogP contribution in [-0.2, 0) is 11.2 Å². The van der Waals surface area contributed by atoms with Crippen molar-refractivity contribution in [2.24, 2.45) is 0 Å². The van der Waals surface area contributed by atoms with Crippen molar-refractivity contribution in [2.45, 2.75) is 25.2 Å². The number of amides is 2. The summed E-state index contributed by atoms with van der Waals surface area (Å²) in [5, 5.41) is 7.80. The predicted molar refractivity (Wildman–Crippen MR) is 124 cm³/mol. The first-order valence-electron chi connectivity index (χ1n) is 10.3. The van der Waals surface area contributed by atoms with Crippen molar-refractivity contribution in [3.05, 3.63) is 74.4 Å². The van der Waals surface area contributed by atoms with Gasteiger partial charge in [0.1, 0.15) is 5.69 Å². The number of aromatic nitrogens is 1. The van der Waals surface area contributed by atoms with E-state index >= 15 is 0 Å². The van der Waals surface area contributed by atoms with Gasteiger partial charge in [0.2, 0.25) is 0 Å². The molecule has 7 heteroatoms. The van der Waals surface area contributed by atoms with Crippen LogP contribution < -0.4 is 5.32 Å². The topological polar surface area (TPSA) is 62.3 Å². The van der Waals surface area contributed by atoms with Crippen LogP contribution in [0.2, 0.25) is 0 Å². The SMILES string of the molecule is O=C(NCCc1cccs1)c1csc(C2CCN(C(=O)C#Cc3ccccc3)CC2)n1. The maximum absolute atomic E-state index is 12.4. The summed E-state index contributed by atoms with van der Waals surface area (Å²) in [7, 11) is 0. The molecule has 4 rings (SSSR count). The van der Waals surface area contributed by atoms with E-state index in [9.17, 15) is 9.59 Å². The molecule has 0 bridgehead atoms. The molecule has 0 atom stereocenters. The number of piperidine rings is 1. The Bertz CT molecular complexity index is 1070. The van der Waals surface area contributed by atoms with E-state index in [2.05, 4.69) is 28.2 Å². The first-order valence-corrected chi connectivity index (χ1v) is 12.1. The highest BCUT2D eigenvalue weighted by atomic mass is 32.1. The van der Waals surface area contributed by atoms with Crippen LogP contribution in [0.1, 0.15) is 44.7 Å². The molecule has 2 amide bonds. The Hall–Kier alpha value is -2.95. The van der Waals surface area contributed by atoms with Gasteiger partial charge in [0.25, 0.3) is 11.8 Å². The van der Waals surface area contributed by atoms with E-state index in [1.54, 1.807) is 16.2 Å². The summed E-state index contributed by atoms with van der Waals surface area (Å²) in [5.41, 5.74) is 1.33. The molecule has 0 aliphatic carbocycles. The molecule has 1 N–H and O–H groups in total. The lowest BCUT2D eigenvalue weighted by molar-refractivity contribution is -0.126. The maximum Gasteiger partial charge on any atom is 0.298 e. The summed E-state index contributed by atoms with van der Waals surface area (Å²) in [4.78, 5) is 32.4. The minimum absolute atomic E-state index is 0.122. The lowest BCUT2D eigenvalue weighted by Crippen LogP contribution is -2.37. The molecule has 3 aromatic rings. The molecule has 158 valence electrons. The zero-order chi connectivity index (χ0) is 21.5. The predicted octanol–water partition coefficient (Wildman–Crippen LogP) is 3.93. The summed E-state index contributed by atoms with van der Waals surface area (Å²) in [6, 6.07) is 13.6. The molecule has 3 heterocycles. The van der Waals surface area contributed by atoms with Crippen molar-refractivity contribution in [2.75, 3.05) is 19.6 Å². The smallest absolute Gasteiger partial charge is 0.298 e. The number of hydrogen-bond donors (Lipinski definition) is 1. The maximum atomic E-state index is 12.4. The normalized spacial score (nSPS) is 14.0. The van der Waals surface area contributed by atoms with Gasteiger partial charge in [0, 0.05) is 47.3 Å². The van der Waals surface area contributed by atoms with Crippen LogP contribution in [-0.4, -0.2) is 41.3 Å². The zero-order valence-electron chi connectivity index (χ0n) is 17.0. The van der Waals surface area contributed by atoms with Gasteiger partial charge in [0.15, 0.2) is 0 Å². The van der Waals surface area contributed by atoms with Crippen LogP contribution in [0.4, 0.5) is 0 Å². The molecule has 1 aliphatic heterocycles. The number of thiazole rings is 1. The number of thiophene rings is 1. The quantitative estimate of drug-likeness (QED) is 0.601. The summed E-state index contributed by atoms with van der Waals surface area (Å²) in [6.45, 7) is 1.93. The molecule has 0 spiro atoms. The van der Waals surface area contributed by atoms with Gasteiger partial charge < -0.3 is 10.2 Å². The Balaban J connectivity index is 1.25. The van der Waals surface area contributed by atoms with Crippen molar-refractivity contribution >= 4 is 34.5 Å². The molecule has 1 aliphatic rings. The van der Waals surface area contributed by atoms with E-state index in [0.29, 0.717) is 25.3 Å². The van der Waals surface area contributed by atoms with Crippen LogP contribution >= 0.6 is 22.7 Å². The molecular weight excluding hydrogens is 426 g/mol. The summed E-state index contributed by atoms with van der Waals surface area (Å²) >= 11 is 3.23. The fraction of sp³-hybridized carbons (Fsp3) is 0.292. The van der Waals surface area contributed by atoms with Crippen molar-refractivity contribution in [1.82, 2.24) is 15.2 Å². The number of nitrogens with zero attached hydrogens (tertiary/aromatic N) is 2. The first kappa shape index (κ1) is 21.3. The van der Waals surface area contributed by atoms with Gasteiger partial charge in [0.05, 0.1) is 5.01 Å². The van der Waals surface area contributed by atoms with Gasteiger partial charge in [-0.3, -0.25) is 9.59 Å². The van der Waals surface area contributed by atoms with E-state index in [1.165, 1.54) is 16.2 Å². The summed E-state index contributed by atoms with van der Waals surface area (Å²) < 4.78 is 0. The number of nitrogens with one attached hydrogen (secondary N) is 1. The van der Waals surface area contributed by atoms with Gasteiger partial charge in [-0.2, -0.15) is 0 Å². The standard InChI is InChI=1S/C24H23N3O2S2/c28-22(9-8-18-5-2-1-3-6-18)27-14-11-19(12-15-27)24-26-21(17-31-24)23(29)25-13-10-20-7-4-16-30-20/h1-7,16-17,19H,10-15H2,(H,25,29). The highest BCUT2D eigenvalue weighted by molar-refractivity contribution is 7.10. The van der Waals surface area contributed by atoms with E-state index in [0.717, 1.165) is 29.8 Å². The number of carbonyl (C=O) groups excluding carboxylic acids is 2. The average Bonchev–Trinajstić information content (AvgIpc) is 3.51. The summed E-state index contributed by atoms with van der Waals surface area (Å²) in [5.74, 6) is 5.70. The second-order valence-corrected chi connectivity index (χ2v) is 9.26. The number of rotatable bonds is 5. The van der Waals surface area contributed by atoms with Crippen LogP contribution in [0.5, 0.6) is 0 Å². The molecule has 0 unspecified atom stereocenters. The van der Waals surface area contributed by atoms with E-state index in [4.69, 9.17) is 0 Å². The largest absolute Gasteiger partial charge is 0.350 e. The molecule has 1 saturated heterocycles. The van der Waals surface area contributed by atoms with Crippen LogP contribution in [0.25, 0.3) is 0 Å². The summed E-state index contributed by atoms with van der Waals surface area (Å²) in [6.07, 6.45) is 2.51. The molecule has 5 nitrogen and oxygen atoms in total. The highest BCUT2D eigenvalue weighted by Gasteiger charge is 2.25. The Morgan fingerprint density at radius 1 is 1.10 bits per heavy atom. The van der Waals surface area contributed by atoms with Crippen molar-refractivity contribution in [1.29, 1.82) is 0 Å². The van der Waals surface area contributed by atoms with Crippen molar-refractivity contribution in [3.63, 3.8) is 0 Å². The third-order valence-electron chi connectivity index (χ3n) is 5.21. The highest BCUT2D eigenvalue weighted by Crippen LogP contribution is 2.30. The van der Waals surface area contributed by atoms with Crippen molar-refractivity contribution < 1.29 is 9.59 Å². The van der Waals surface area contributed by atoms with Gasteiger partial charge in [-0.1, -0.05) is 30.2 Å². The molecule has 1 aromatic carbocycles. The third-order valence-corrected chi connectivity index (χ3v) is 7.15. The lowest BCUT2D eigenvalue weighted by Gasteiger charge is -2.29. The monoisotopic (exact) mass is 449 g/mol. The number of benzene rings is 1. The molecule has 1 fully saturated rings. The first-order chi connectivity index (χ1) is 15.2. The molecular formula is C24H23N3O2S2. The Morgan fingerprint density at radius 3 is 2.65 bits per heavy atom. The molecule has 0 saturated carbocycles. The van der Waals surface area contributed by atoms with E-state index < -0.39 is 0 Å². The fourth-order valence-corrected chi connectivity index (χ4v) is 5.16. The molecule has 2 aromatic heterocycles. The van der Waals surface area contributed by atoms with Gasteiger partial charge in [-0.15, -0.1) is 22.7 Å². The average molecular weight is 450 g/mol.